The van der Waals surface area contributed by atoms with E-state index in [2.05, 4.69) is 30.6 Å². The minimum Gasteiger partial charge on any atom is -0.385 e. The first kappa shape index (κ1) is 28.9. The number of rotatable bonds is 6. The number of carbonyl (C=O) groups excluding carboxylic acids is 1. The van der Waals surface area contributed by atoms with Crippen molar-refractivity contribution in [1.82, 2.24) is 24.9 Å². The number of fused-ring (bicyclic) bond motifs is 1. The van der Waals surface area contributed by atoms with Crippen molar-refractivity contribution in [2.24, 2.45) is 11.7 Å². The van der Waals surface area contributed by atoms with Gasteiger partial charge < -0.3 is 31.1 Å². The lowest BCUT2D eigenvalue weighted by atomic mass is 9.85. The van der Waals surface area contributed by atoms with Crippen LogP contribution in [0.15, 0.2) is 48.9 Å². The van der Waals surface area contributed by atoms with Gasteiger partial charge in [0.05, 0.1) is 46.1 Å². The summed E-state index contributed by atoms with van der Waals surface area (Å²) in [7, 11) is 0. The van der Waals surface area contributed by atoms with E-state index in [0.29, 0.717) is 43.5 Å². The van der Waals surface area contributed by atoms with Gasteiger partial charge in [-0.1, -0.05) is 6.92 Å². The molecule has 0 bridgehead atoms. The number of carbonyl (C=O) groups is 1. The number of piperidine rings is 1. The first-order chi connectivity index (χ1) is 20.6. The van der Waals surface area contributed by atoms with E-state index in [9.17, 15) is 9.90 Å². The number of nitrogens with zero attached hydrogens (tertiary/aromatic N) is 5. The molecule has 11 nitrogen and oxygen atoms in total. The van der Waals surface area contributed by atoms with Crippen molar-refractivity contribution in [2.45, 2.75) is 44.4 Å². The zero-order valence-corrected chi connectivity index (χ0v) is 23.9. The van der Waals surface area contributed by atoms with E-state index in [1.807, 2.05) is 13.0 Å². The number of anilines is 3. The summed E-state index contributed by atoms with van der Waals surface area (Å²) in [6.45, 7) is 5.32. The predicted octanol–water partition coefficient (Wildman–Crippen LogP) is 3.10. The van der Waals surface area contributed by atoms with E-state index in [1.165, 1.54) is 29.6 Å². The van der Waals surface area contributed by atoms with Crippen molar-refractivity contribution in [1.29, 1.82) is 0 Å². The van der Waals surface area contributed by atoms with Gasteiger partial charge in [-0.25, -0.2) is 13.8 Å². The molecule has 5 N–H and O–H groups in total. The SMILES string of the molecule is CC(=O)N[C@@H]1[C@H](N)CN(c2ccncc2Nc2ncc3ccc(-c4c(F)cc(C5(O)CCOCC5)cc4F)nn23)C[C@@H]1C. The van der Waals surface area contributed by atoms with Gasteiger partial charge in [-0.05, 0) is 41.8 Å². The average molecular weight is 593 g/mol. The van der Waals surface area contributed by atoms with Crippen LogP contribution in [-0.4, -0.2) is 69.0 Å². The lowest BCUT2D eigenvalue weighted by molar-refractivity contribution is -0.120. The van der Waals surface area contributed by atoms with Crippen LogP contribution >= 0.6 is 0 Å². The summed E-state index contributed by atoms with van der Waals surface area (Å²) in [6.07, 6.45) is 5.46. The van der Waals surface area contributed by atoms with Crippen LogP contribution < -0.4 is 21.3 Å². The summed E-state index contributed by atoms with van der Waals surface area (Å²) in [4.78, 5) is 22.5. The molecule has 13 heteroatoms. The second-order valence-corrected chi connectivity index (χ2v) is 11.4. The molecule has 2 aliphatic rings. The van der Waals surface area contributed by atoms with E-state index in [-0.39, 0.29) is 53.6 Å². The third-order valence-electron chi connectivity index (χ3n) is 8.31. The summed E-state index contributed by atoms with van der Waals surface area (Å²) >= 11 is 0. The van der Waals surface area contributed by atoms with Crippen LogP contribution in [0.25, 0.3) is 16.8 Å². The molecule has 6 rings (SSSR count). The smallest absolute Gasteiger partial charge is 0.229 e. The van der Waals surface area contributed by atoms with Gasteiger partial charge in [0.25, 0.3) is 0 Å². The van der Waals surface area contributed by atoms with E-state index < -0.39 is 17.2 Å². The van der Waals surface area contributed by atoms with Crippen molar-refractivity contribution in [2.75, 3.05) is 36.5 Å². The first-order valence-corrected chi connectivity index (χ1v) is 14.3. The van der Waals surface area contributed by atoms with Gasteiger partial charge in [0, 0.05) is 64.3 Å². The van der Waals surface area contributed by atoms with E-state index in [0.717, 1.165) is 5.69 Å². The zero-order valence-electron chi connectivity index (χ0n) is 23.9. The number of hydrogen-bond acceptors (Lipinski definition) is 9. The molecule has 3 atom stereocenters. The molecule has 0 radical (unpaired) electrons. The molecule has 1 amide bonds. The van der Waals surface area contributed by atoms with Crippen LogP contribution in [0.5, 0.6) is 0 Å². The molecule has 226 valence electrons. The molecule has 2 fully saturated rings. The van der Waals surface area contributed by atoms with Crippen molar-refractivity contribution < 1.29 is 23.4 Å². The van der Waals surface area contributed by atoms with Gasteiger partial charge in [-0.3, -0.25) is 9.78 Å². The van der Waals surface area contributed by atoms with Crippen LogP contribution in [0.2, 0.25) is 0 Å². The molecule has 0 saturated carbocycles. The maximum Gasteiger partial charge on any atom is 0.229 e. The summed E-state index contributed by atoms with van der Waals surface area (Å²) in [5, 5.41) is 21.7. The second kappa shape index (κ2) is 11.5. The summed E-state index contributed by atoms with van der Waals surface area (Å²) in [5.74, 6) is -1.34. The Morgan fingerprint density at radius 1 is 1.14 bits per heavy atom. The third kappa shape index (κ3) is 5.63. The number of amides is 1. The van der Waals surface area contributed by atoms with Gasteiger partial charge >= 0.3 is 0 Å². The topological polar surface area (TPSA) is 143 Å². The van der Waals surface area contributed by atoms with Gasteiger partial charge in [0.2, 0.25) is 11.9 Å². The molecular formula is C30H34F2N8O3. The Bertz CT molecular complexity index is 1620. The number of nitrogens with two attached hydrogens (primary N) is 1. The van der Waals surface area contributed by atoms with E-state index in [4.69, 9.17) is 10.5 Å². The molecule has 0 spiro atoms. The molecule has 1 aromatic carbocycles. The van der Waals surface area contributed by atoms with Crippen LogP contribution in [-0.2, 0) is 15.1 Å². The fourth-order valence-electron chi connectivity index (χ4n) is 6.07. The Balaban J connectivity index is 1.29. The second-order valence-electron chi connectivity index (χ2n) is 11.4. The maximum absolute atomic E-state index is 15.4. The molecule has 5 heterocycles. The highest BCUT2D eigenvalue weighted by Crippen LogP contribution is 2.36. The fourth-order valence-corrected chi connectivity index (χ4v) is 6.07. The molecule has 0 aliphatic carbocycles. The maximum atomic E-state index is 15.4. The van der Waals surface area contributed by atoms with E-state index >= 15 is 8.78 Å². The van der Waals surface area contributed by atoms with Crippen molar-refractivity contribution in [3.8, 4) is 11.3 Å². The van der Waals surface area contributed by atoms with Gasteiger partial charge in [-0.2, -0.15) is 9.61 Å². The lowest BCUT2D eigenvalue weighted by Gasteiger charge is -2.42. The van der Waals surface area contributed by atoms with Crippen LogP contribution in [0.1, 0.15) is 32.3 Å². The highest BCUT2D eigenvalue weighted by Gasteiger charge is 2.35. The zero-order chi connectivity index (χ0) is 30.3. The Morgan fingerprint density at radius 2 is 1.88 bits per heavy atom. The molecule has 2 saturated heterocycles. The van der Waals surface area contributed by atoms with Gasteiger partial charge in [-0.15, -0.1) is 0 Å². The summed E-state index contributed by atoms with van der Waals surface area (Å²) < 4.78 is 37.6. The predicted molar refractivity (Wildman–Crippen MR) is 157 cm³/mol. The average Bonchev–Trinajstić information content (AvgIpc) is 3.37. The standard InChI is InChI=1S/C30H34F2N8O3/c1-17-15-39(16-23(33)28(17)36-18(2)41)26-5-8-34-14-25(26)37-29-35-13-20-3-4-24(38-40(20)29)27-21(31)11-19(12-22(27)32)30(42)6-9-43-10-7-30/h3-5,8,11-14,17,23,28,42H,6-7,9-10,15-16,33H2,1-2H3,(H,35,37)(H,36,41)/t17-,23+,28-/m0/s1. The first-order valence-electron chi connectivity index (χ1n) is 14.3. The minimum absolute atomic E-state index is 0.0697. The lowest BCUT2D eigenvalue weighted by Crippen LogP contribution is -2.61. The highest BCUT2D eigenvalue weighted by molar-refractivity contribution is 5.75. The molecule has 43 heavy (non-hydrogen) atoms. The summed E-state index contributed by atoms with van der Waals surface area (Å²) in [5.41, 5.74) is 7.16. The van der Waals surface area contributed by atoms with Gasteiger partial charge in [0.1, 0.15) is 11.6 Å². The molecule has 0 unspecified atom stereocenters. The molecule has 3 aromatic heterocycles. The number of ether oxygens (including phenoxy) is 1. The number of nitrogens with one attached hydrogen (secondary N) is 2. The quantitative estimate of drug-likeness (QED) is 0.266. The number of aliphatic hydroxyl groups is 1. The normalized spacial score (nSPS) is 22.0. The Morgan fingerprint density at radius 3 is 2.58 bits per heavy atom. The minimum atomic E-state index is -1.35. The monoisotopic (exact) mass is 592 g/mol. The number of hydrogen-bond donors (Lipinski definition) is 4. The molecule has 4 aromatic rings. The number of halogens is 2. The van der Waals surface area contributed by atoms with Crippen LogP contribution in [0.3, 0.4) is 0 Å². The van der Waals surface area contributed by atoms with Crippen LogP contribution in [0, 0.1) is 17.6 Å². The van der Waals surface area contributed by atoms with Crippen molar-refractivity contribution in [3.63, 3.8) is 0 Å². The van der Waals surface area contributed by atoms with Gasteiger partial charge in [0.15, 0.2) is 0 Å². The Kier molecular flexibility index (Phi) is 7.71. The molecule has 2 aliphatic heterocycles. The number of pyridine rings is 1. The third-order valence-corrected chi connectivity index (χ3v) is 8.31. The van der Waals surface area contributed by atoms with Crippen molar-refractivity contribution >= 4 is 28.7 Å². The Hall–Kier alpha value is -4.20. The largest absolute Gasteiger partial charge is 0.385 e. The number of benzene rings is 1. The van der Waals surface area contributed by atoms with Crippen molar-refractivity contribution in [3.05, 3.63) is 66.1 Å². The molecular weight excluding hydrogens is 558 g/mol. The number of imidazole rings is 1. The van der Waals surface area contributed by atoms with E-state index in [1.54, 1.807) is 24.7 Å². The Labute approximate surface area is 247 Å². The summed E-state index contributed by atoms with van der Waals surface area (Å²) in [6, 6.07) is 7.00. The van der Waals surface area contributed by atoms with Crippen LogP contribution in [0.4, 0.5) is 26.1 Å². The number of aromatic nitrogens is 4. The fraction of sp³-hybridized carbons (Fsp3) is 0.400. The highest BCUT2D eigenvalue weighted by atomic mass is 19.1.